The largest absolute Gasteiger partial charge is 0.462 e. The standard InChI is InChI=1S/C31H32ClFN6O2/c1-18(33)30(40)38-12-10-26-27(38)16-39(26)29-22-9-8-19(23-15-34-14-20-5-3-7-24(32)28(20)23)13-25(22)35-31(36-29)41-17-21-6-4-11-37(21)2/h3,5,7-9,13-15,18,21,26-27H,4,6,10-12,16-17H2,1-2H3/t18?,21-,26+,27+/m0/s1. The van der Waals surface area contributed by atoms with Crippen LogP contribution in [0.15, 0.2) is 48.8 Å². The topological polar surface area (TPSA) is 74.7 Å². The van der Waals surface area contributed by atoms with Crippen LogP contribution in [0.3, 0.4) is 0 Å². The molecule has 41 heavy (non-hydrogen) atoms. The number of halogens is 2. The molecule has 1 unspecified atom stereocenters. The molecule has 3 saturated heterocycles. The Kier molecular flexibility index (Phi) is 6.66. The van der Waals surface area contributed by atoms with Crippen LogP contribution < -0.4 is 9.64 Å². The van der Waals surface area contributed by atoms with Gasteiger partial charge >= 0.3 is 6.01 Å². The molecule has 0 spiro atoms. The van der Waals surface area contributed by atoms with Crippen LogP contribution in [0.1, 0.15) is 26.2 Å². The first-order valence-corrected chi connectivity index (χ1v) is 14.7. The lowest BCUT2D eigenvalue weighted by molar-refractivity contribution is -0.137. The smallest absolute Gasteiger partial charge is 0.319 e. The number of amides is 1. The van der Waals surface area contributed by atoms with E-state index in [4.69, 9.17) is 26.3 Å². The maximum absolute atomic E-state index is 13.8. The highest BCUT2D eigenvalue weighted by Crippen LogP contribution is 2.41. The van der Waals surface area contributed by atoms with E-state index in [0.29, 0.717) is 36.8 Å². The van der Waals surface area contributed by atoms with Gasteiger partial charge in [0.25, 0.3) is 5.91 Å². The number of hydrogen-bond acceptors (Lipinski definition) is 7. The van der Waals surface area contributed by atoms with Crippen LogP contribution in [0.4, 0.5) is 10.2 Å². The molecule has 8 nitrogen and oxygen atoms in total. The van der Waals surface area contributed by atoms with Gasteiger partial charge in [-0.2, -0.15) is 9.97 Å². The fourth-order valence-corrected chi connectivity index (χ4v) is 6.96. The summed E-state index contributed by atoms with van der Waals surface area (Å²) in [5.74, 6) is 0.357. The molecule has 0 saturated carbocycles. The third-order valence-corrected chi connectivity index (χ3v) is 9.28. The molecule has 3 fully saturated rings. The predicted octanol–water partition coefficient (Wildman–Crippen LogP) is 5.12. The van der Waals surface area contributed by atoms with Gasteiger partial charge in [0.1, 0.15) is 12.4 Å². The number of likely N-dealkylation sites (tertiary alicyclic amines) is 2. The van der Waals surface area contributed by atoms with Gasteiger partial charge in [-0.3, -0.25) is 9.78 Å². The molecule has 10 heteroatoms. The lowest BCUT2D eigenvalue weighted by Gasteiger charge is -2.47. The van der Waals surface area contributed by atoms with E-state index < -0.39 is 12.1 Å². The minimum absolute atomic E-state index is 0.00889. The second kappa shape index (κ2) is 10.4. The van der Waals surface area contributed by atoms with Crippen molar-refractivity contribution in [2.45, 2.75) is 50.5 Å². The van der Waals surface area contributed by atoms with Gasteiger partial charge in [-0.1, -0.05) is 29.8 Å². The fraction of sp³-hybridized carbons (Fsp3) is 0.419. The van der Waals surface area contributed by atoms with Gasteiger partial charge < -0.3 is 19.4 Å². The summed E-state index contributed by atoms with van der Waals surface area (Å²) in [6.45, 7) is 4.05. The Hall–Kier alpha value is -3.56. The first kappa shape index (κ1) is 26.3. The molecule has 212 valence electrons. The Balaban J connectivity index is 1.28. The lowest BCUT2D eigenvalue weighted by atomic mass is 9.95. The van der Waals surface area contributed by atoms with Crippen molar-refractivity contribution < 1.29 is 13.9 Å². The summed E-state index contributed by atoms with van der Waals surface area (Å²) in [5, 5.41) is 3.49. The Bertz CT molecular complexity index is 1650. The summed E-state index contributed by atoms with van der Waals surface area (Å²) in [7, 11) is 2.12. The Morgan fingerprint density at radius 3 is 2.83 bits per heavy atom. The van der Waals surface area contributed by atoms with Crippen molar-refractivity contribution in [3.05, 3.63) is 53.8 Å². The minimum Gasteiger partial charge on any atom is -0.462 e. The quantitative estimate of drug-likeness (QED) is 0.316. The zero-order valence-corrected chi connectivity index (χ0v) is 23.9. The number of carbonyl (C=O) groups is 1. The molecular formula is C31H32ClFN6O2. The Morgan fingerprint density at radius 1 is 1.15 bits per heavy atom. The average Bonchev–Trinajstić information content (AvgIpc) is 3.52. The van der Waals surface area contributed by atoms with E-state index in [9.17, 15) is 9.18 Å². The number of carbonyl (C=O) groups excluding carboxylic acids is 1. The first-order valence-electron chi connectivity index (χ1n) is 14.3. The summed E-state index contributed by atoms with van der Waals surface area (Å²) in [6, 6.07) is 12.7. The zero-order valence-electron chi connectivity index (χ0n) is 23.1. The van der Waals surface area contributed by atoms with E-state index in [1.165, 1.54) is 6.92 Å². The molecule has 4 aromatic rings. The second-order valence-corrected chi connectivity index (χ2v) is 11.8. The third kappa shape index (κ3) is 4.55. The van der Waals surface area contributed by atoms with E-state index in [1.807, 2.05) is 42.7 Å². The molecule has 3 aliphatic heterocycles. The number of benzene rings is 2. The van der Waals surface area contributed by atoms with Crippen molar-refractivity contribution in [1.82, 2.24) is 24.8 Å². The number of likely N-dealkylation sites (N-methyl/N-ethyl adjacent to an activating group) is 1. The normalized spacial score (nSPS) is 23.2. The van der Waals surface area contributed by atoms with Crippen molar-refractivity contribution in [2.24, 2.45) is 0 Å². The summed E-state index contributed by atoms with van der Waals surface area (Å²) >= 11 is 6.63. The van der Waals surface area contributed by atoms with Crippen LogP contribution in [0.25, 0.3) is 32.8 Å². The van der Waals surface area contributed by atoms with Crippen molar-refractivity contribution in [2.75, 3.05) is 38.2 Å². The molecule has 5 heterocycles. The Morgan fingerprint density at radius 2 is 2.02 bits per heavy atom. The minimum atomic E-state index is -1.49. The monoisotopic (exact) mass is 574 g/mol. The number of aromatic nitrogens is 3. The molecule has 0 radical (unpaired) electrons. The fourth-order valence-electron chi connectivity index (χ4n) is 6.68. The molecule has 1 amide bonds. The highest BCUT2D eigenvalue weighted by atomic mass is 35.5. The van der Waals surface area contributed by atoms with Gasteiger partial charge in [0.05, 0.1) is 17.6 Å². The summed E-state index contributed by atoms with van der Waals surface area (Å²) in [4.78, 5) is 32.9. The van der Waals surface area contributed by atoms with E-state index in [0.717, 1.165) is 64.4 Å². The van der Waals surface area contributed by atoms with Gasteiger partial charge in [0.2, 0.25) is 0 Å². The SMILES string of the molecule is CC(F)C(=O)N1CC[C@@H]2[C@H]1CN2c1nc(OC[C@@H]2CCCN2C)nc2cc(-c3cncc4cccc(Cl)c34)ccc12. The summed E-state index contributed by atoms with van der Waals surface area (Å²) in [6.07, 6.45) is 5.17. The number of rotatable bonds is 6. The van der Waals surface area contributed by atoms with E-state index in [1.54, 1.807) is 4.90 Å². The van der Waals surface area contributed by atoms with Crippen LogP contribution >= 0.6 is 11.6 Å². The van der Waals surface area contributed by atoms with Crippen molar-refractivity contribution in [1.29, 1.82) is 0 Å². The highest BCUT2D eigenvalue weighted by Gasteiger charge is 2.50. The van der Waals surface area contributed by atoms with Crippen LogP contribution in [-0.2, 0) is 4.79 Å². The van der Waals surface area contributed by atoms with E-state index >= 15 is 0 Å². The van der Waals surface area contributed by atoms with E-state index in [2.05, 4.69) is 27.9 Å². The molecule has 0 bridgehead atoms. The maximum atomic E-state index is 13.8. The molecular weight excluding hydrogens is 543 g/mol. The van der Waals surface area contributed by atoms with Gasteiger partial charge in [-0.05, 0) is 63.5 Å². The van der Waals surface area contributed by atoms with Crippen molar-refractivity contribution in [3.8, 4) is 17.1 Å². The Labute approximate surface area is 243 Å². The maximum Gasteiger partial charge on any atom is 0.319 e. The zero-order chi connectivity index (χ0) is 28.2. The van der Waals surface area contributed by atoms with E-state index in [-0.39, 0.29) is 12.1 Å². The number of fused-ring (bicyclic) bond motifs is 3. The average molecular weight is 575 g/mol. The first-order chi connectivity index (χ1) is 19.9. The lowest BCUT2D eigenvalue weighted by Crippen LogP contribution is -2.63. The predicted molar refractivity (Wildman–Crippen MR) is 158 cm³/mol. The number of nitrogens with zero attached hydrogens (tertiary/aromatic N) is 6. The van der Waals surface area contributed by atoms with Crippen molar-refractivity contribution in [3.63, 3.8) is 0 Å². The molecule has 2 aromatic carbocycles. The highest BCUT2D eigenvalue weighted by molar-refractivity contribution is 6.36. The molecule has 0 aliphatic carbocycles. The number of anilines is 1. The molecule has 4 atom stereocenters. The number of ether oxygens (including phenoxy) is 1. The summed E-state index contributed by atoms with van der Waals surface area (Å²) < 4.78 is 20.1. The van der Waals surface area contributed by atoms with Crippen molar-refractivity contribution >= 4 is 45.0 Å². The van der Waals surface area contributed by atoms with Gasteiger partial charge in [-0.15, -0.1) is 0 Å². The molecule has 2 aromatic heterocycles. The second-order valence-electron chi connectivity index (χ2n) is 11.4. The number of hydrogen-bond donors (Lipinski definition) is 0. The van der Waals surface area contributed by atoms with Crippen LogP contribution in [0.2, 0.25) is 5.02 Å². The summed E-state index contributed by atoms with van der Waals surface area (Å²) in [5.41, 5.74) is 2.64. The number of pyridine rings is 1. The molecule has 3 aliphatic rings. The van der Waals surface area contributed by atoms with Crippen LogP contribution in [-0.4, -0.2) is 88.2 Å². The molecule has 7 rings (SSSR count). The van der Waals surface area contributed by atoms with Gasteiger partial charge in [0, 0.05) is 58.3 Å². The van der Waals surface area contributed by atoms with Crippen LogP contribution in [0, 0.1) is 0 Å². The number of alkyl halides is 1. The molecule has 0 N–H and O–H groups in total. The third-order valence-electron chi connectivity index (χ3n) is 8.97. The van der Waals surface area contributed by atoms with Crippen LogP contribution in [0.5, 0.6) is 6.01 Å². The van der Waals surface area contributed by atoms with Gasteiger partial charge in [-0.25, -0.2) is 4.39 Å². The van der Waals surface area contributed by atoms with Gasteiger partial charge in [0.15, 0.2) is 6.17 Å².